The first-order chi connectivity index (χ1) is 7.15. The average Bonchev–Trinajstić information content (AvgIpc) is 2.76. The van der Waals surface area contributed by atoms with Crippen LogP contribution in [0.3, 0.4) is 0 Å². The monoisotopic (exact) mass is 210 g/mol. The van der Waals surface area contributed by atoms with Crippen molar-refractivity contribution in [3.63, 3.8) is 0 Å². The largest absolute Gasteiger partial charge is 0.394 e. The minimum Gasteiger partial charge on any atom is -0.394 e. The zero-order valence-electron chi connectivity index (χ0n) is 9.01. The second kappa shape index (κ2) is 3.73. The first kappa shape index (κ1) is 10.3. The molecule has 0 saturated heterocycles. The first-order valence-electron chi connectivity index (χ1n) is 5.36. The van der Waals surface area contributed by atoms with Crippen LogP contribution in [0.1, 0.15) is 31.5 Å². The van der Waals surface area contributed by atoms with Crippen molar-refractivity contribution in [2.45, 2.75) is 38.1 Å². The number of H-pyrrole nitrogens is 1. The van der Waals surface area contributed by atoms with E-state index in [2.05, 4.69) is 15.3 Å². The van der Waals surface area contributed by atoms with E-state index < -0.39 is 0 Å². The van der Waals surface area contributed by atoms with Crippen LogP contribution in [0, 0.1) is 6.92 Å². The van der Waals surface area contributed by atoms with Crippen LogP contribution in [0.2, 0.25) is 0 Å². The highest BCUT2D eigenvalue weighted by molar-refractivity contribution is 5.58. The second-order valence-electron chi connectivity index (χ2n) is 4.36. The van der Waals surface area contributed by atoms with Gasteiger partial charge in [-0.3, -0.25) is 0 Å². The summed E-state index contributed by atoms with van der Waals surface area (Å²) in [5.74, 6) is 2.01. The molecule has 1 aromatic rings. The van der Waals surface area contributed by atoms with Gasteiger partial charge in [0.2, 0.25) is 0 Å². The van der Waals surface area contributed by atoms with Crippen molar-refractivity contribution in [1.82, 2.24) is 9.97 Å². The maximum atomic E-state index is 9.43. The van der Waals surface area contributed by atoms with Gasteiger partial charge in [0.05, 0.1) is 12.1 Å². The van der Waals surface area contributed by atoms with Crippen molar-refractivity contribution in [3.8, 4) is 0 Å². The lowest BCUT2D eigenvalue weighted by atomic mass is 9.99. The molecule has 15 heavy (non-hydrogen) atoms. The molecular formula is C10H18N4O. The molecule has 2 rings (SSSR count). The number of hydrogen-bond acceptors (Lipinski definition) is 4. The van der Waals surface area contributed by atoms with Gasteiger partial charge in [-0.2, -0.15) is 0 Å². The summed E-state index contributed by atoms with van der Waals surface area (Å²) in [4.78, 5) is 7.21. The van der Waals surface area contributed by atoms with Crippen LogP contribution in [-0.4, -0.2) is 27.2 Å². The molecule has 0 radical (unpaired) electrons. The molecule has 1 aliphatic carbocycles. The van der Waals surface area contributed by atoms with Gasteiger partial charge in [0, 0.05) is 0 Å². The third-order valence-electron chi connectivity index (χ3n) is 3.10. The van der Waals surface area contributed by atoms with Crippen molar-refractivity contribution in [1.29, 1.82) is 0 Å². The number of imidazole rings is 1. The molecule has 5 heteroatoms. The van der Waals surface area contributed by atoms with E-state index in [1.165, 1.54) is 0 Å². The minimum absolute atomic E-state index is 0.137. The molecule has 5 nitrogen and oxygen atoms in total. The van der Waals surface area contributed by atoms with Crippen molar-refractivity contribution < 1.29 is 5.11 Å². The highest BCUT2D eigenvalue weighted by Gasteiger charge is 2.34. The van der Waals surface area contributed by atoms with E-state index in [-0.39, 0.29) is 12.1 Å². The maximum Gasteiger partial charge on any atom is 0.169 e. The highest BCUT2D eigenvalue weighted by Crippen LogP contribution is 2.33. The summed E-state index contributed by atoms with van der Waals surface area (Å²) in [6.45, 7) is 2.00. The summed E-state index contributed by atoms with van der Waals surface area (Å²) in [7, 11) is 0. The molecule has 1 aromatic heterocycles. The van der Waals surface area contributed by atoms with Crippen molar-refractivity contribution in [2.24, 2.45) is 0 Å². The molecule has 0 bridgehead atoms. The van der Waals surface area contributed by atoms with Gasteiger partial charge in [-0.15, -0.1) is 0 Å². The average molecular weight is 210 g/mol. The zero-order chi connectivity index (χ0) is 10.9. The van der Waals surface area contributed by atoms with Crippen LogP contribution in [0.25, 0.3) is 0 Å². The fraction of sp³-hybridized carbons (Fsp3) is 0.700. The fourth-order valence-corrected chi connectivity index (χ4v) is 2.23. The number of rotatable bonds is 3. The number of aliphatic hydroxyl groups is 1. The molecule has 0 unspecified atom stereocenters. The number of nitrogen functional groups attached to an aromatic ring is 1. The van der Waals surface area contributed by atoms with E-state index >= 15 is 0 Å². The molecule has 0 aliphatic heterocycles. The predicted molar refractivity (Wildman–Crippen MR) is 59.6 cm³/mol. The molecule has 0 aromatic carbocycles. The van der Waals surface area contributed by atoms with Gasteiger partial charge in [0.15, 0.2) is 5.82 Å². The molecule has 1 heterocycles. The summed E-state index contributed by atoms with van der Waals surface area (Å²) in [5.41, 5.74) is 5.56. The molecule has 1 fully saturated rings. The van der Waals surface area contributed by atoms with Crippen LogP contribution in [0.4, 0.5) is 11.6 Å². The summed E-state index contributed by atoms with van der Waals surface area (Å²) in [6, 6.07) is 0. The van der Waals surface area contributed by atoms with Crippen LogP contribution in [0.15, 0.2) is 0 Å². The van der Waals surface area contributed by atoms with Crippen LogP contribution >= 0.6 is 0 Å². The molecule has 5 N–H and O–H groups in total. The zero-order valence-corrected chi connectivity index (χ0v) is 9.01. The third-order valence-corrected chi connectivity index (χ3v) is 3.10. The number of aliphatic hydroxyl groups excluding tert-OH is 1. The lowest BCUT2D eigenvalue weighted by Gasteiger charge is -2.28. The van der Waals surface area contributed by atoms with Gasteiger partial charge in [-0.05, 0) is 19.8 Å². The Hall–Kier alpha value is -1.23. The Morgan fingerprint density at radius 3 is 2.67 bits per heavy atom. The standard InChI is InChI=1S/C10H18N4O/c1-7-12-8(11)9(13-7)14-10(6-15)4-2-3-5-10/h14-15H,2-6,11H2,1H3,(H,12,13). The lowest BCUT2D eigenvalue weighted by Crippen LogP contribution is -2.39. The molecule has 84 valence electrons. The van der Waals surface area contributed by atoms with Gasteiger partial charge in [0.25, 0.3) is 0 Å². The maximum absolute atomic E-state index is 9.43. The number of nitrogens with two attached hydrogens (primary N) is 1. The number of hydrogen-bond donors (Lipinski definition) is 4. The van der Waals surface area contributed by atoms with Crippen LogP contribution in [-0.2, 0) is 0 Å². The van der Waals surface area contributed by atoms with Gasteiger partial charge >= 0.3 is 0 Å². The Bertz CT molecular complexity index is 341. The molecule has 1 saturated carbocycles. The van der Waals surface area contributed by atoms with Crippen molar-refractivity contribution in [2.75, 3.05) is 17.7 Å². The van der Waals surface area contributed by atoms with Gasteiger partial charge < -0.3 is 21.1 Å². The van der Waals surface area contributed by atoms with E-state index in [0.29, 0.717) is 11.6 Å². The fourth-order valence-electron chi connectivity index (χ4n) is 2.23. The van der Waals surface area contributed by atoms with E-state index in [4.69, 9.17) is 5.73 Å². The van der Waals surface area contributed by atoms with E-state index in [0.717, 1.165) is 31.5 Å². The number of nitrogens with one attached hydrogen (secondary N) is 2. The Balaban J connectivity index is 2.16. The topological polar surface area (TPSA) is 87.0 Å². The Kier molecular flexibility index (Phi) is 2.56. The molecule has 0 spiro atoms. The Morgan fingerprint density at radius 2 is 2.20 bits per heavy atom. The number of aryl methyl sites for hydroxylation is 1. The number of aromatic amines is 1. The number of anilines is 2. The van der Waals surface area contributed by atoms with Gasteiger partial charge in [-0.25, -0.2) is 4.98 Å². The molecule has 0 atom stereocenters. The van der Waals surface area contributed by atoms with E-state index in [1.54, 1.807) is 0 Å². The Morgan fingerprint density at radius 1 is 1.53 bits per heavy atom. The molecule has 0 amide bonds. The normalized spacial score (nSPS) is 19.3. The summed E-state index contributed by atoms with van der Waals surface area (Å²) in [5, 5.41) is 12.7. The smallest absolute Gasteiger partial charge is 0.169 e. The van der Waals surface area contributed by atoms with Crippen LogP contribution in [0.5, 0.6) is 0 Å². The van der Waals surface area contributed by atoms with Crippen molar-refractivity contribution >= 4 is 11.6 Å². The summed E-state index contributed by atoms with van der Waals surface area (Å²) < 4.78 is 0. The van der Waals surface area contributed by atoms with Crippen molar-refractivity contribution in [3.05, 3.63) is 5.82 Å². The summed E-state index contributed by atoms with van der Waals surface area (Å²) in [6.07, 6.45) is 4.26. The van der Waals surface area contributed by atoms with Gasteiger partial charge in [-0.1, -0.05) is 12.8 Å². The van der Waals surface area contributed by atoms with E-state index in [9.17, 15) is 5.11 Å². The highest BCUT2D eigenvalue weighted by atomic mass is 16.3. The second-order valence-corrected chi connectivity index (χ2v) is 4.36. The van der Waals surface area contributed by atoms with E-state index in [1.807, 2.05) is 6.92 Å². The number of nitrogens with zero attached hydrogens (tertiary/aromatic N) is 1. The number of aromatic nitrogens is 2. The minimum atomic E-state index is -0.213. The van der Waals surface area contributed by atoms with Crippen LogP contribution < -0.4 is 11.1 Å². The SMILES string of the molecule is Cc1nc(NC2(CO)CCCC2)c(N)[nH]1. The Labute approximate surface area is 89.1 Å². The first-order valence-corrected chi connectivity index (χ1v) is 5.36. The quantitative estimate of drug-likeness (QED) is 0.600. The summed E-state index contributed by atoms with van der Waals surface area (Å²) >= 11 is 0. The molecular weight excluding hydrogens is 192 g/mol. The van der Waals surface area contributed by atoms with Gasteiger partial charge in [0.1, 0.15) is 11.6 Å². The molecule has 1 aliphatic rings. The third kappa shape index (κ3) is 1.92. The predicted octanol–water partition coefficient (Wildman–Crippen LogP) is 1.02. The lowest BCUT2D eigenvalue weighted by molar-refractivity contribution is 0.214.